The van der Waals surface area contributed by atoms with Crippen molar-refractivity contribution in [3.8, 4) is 0 Å². The van der Waals surface area contributed by atoms with Crippen LogP contribution in [0.5, 0.6) is 0 Å². The SMILES string of the molecule is Cc1c(NC(=O)CCN2CCN(CC(=O)Nc3ccccc3)CC2)cccc1[N+](=O)[O-]. The third kappa shape index (κ3) is 6.59. The maximum atomic E-state index is 12.3. The number of nitrogens with zero attached hydrogens (tertiary/aromatic N) is 3. The highest BCUT2D eigenvalue weighted by molar-refractivity contribution is 5.92. The van der Waals surface area contributed by atoms with E-state index < -0.39 is 4.92 Å². The molecule has 31 heavy (non-hydrogen) atoms. The Kier molecular flexibility index (Phi) is 7.69. The van der Waals surface area contributed by atoms with Crippen LogP contribution in [-0.2, 0) is 9.59 Å². The van der Waals surface area contributed by atoms with Gasteiger partial charge in [0, 0.05) is 50.9 Å². The average Bonchev–Trinajstić information content (AvgIpc) is 2.75. The summed E-state index contributed by atoms with van der Waals surface area (Å²) in [6, 6.07) is 14.0. The lowest BCUT2D eigenvalue weighted by molar-refractivity contribution is -0.385. The Hall–Kier alpha value is -3.30. The zero-order valence-electron chi connectivity index (χ0n) is 17.5. The second-order valence-corrected chi connectivity index (χ2v) is 7.54. The molecule has 1 saturated heterocycles. The Morgan fingerprint density at radius 2 is 1.61 bits per heavy atom. The number of anilines is 2. The van der Waals surface area contributed by atoms with Crippen molar-refractivity contribution < 1.29 is 14.5 Å². The van der Waals surface area contributed by atoms with Crippen LogP contribution in [0.15, 0.2) is 48.5 Å². The van der Waals surface area contributed by atoms with Gasteiger partial charge in [-0.15, -0.1) is 0 Å². The van der Waals surface area contributed by atoms with Gasteiger partial charge in [-0.05, 0) is 25.1 Å². The van der Waals surface area contributed by atoms with E-state index >= 15 is 0 Å². The molecule has 0 spiro atoms. The Labute approximate surface area is 181 Å². The van der Waals surface area contributed by atoms with E-state index in [4.69, 9.17) is 0 Å². The number of para-hydroxylation sites is 1. The summed E-state index contributed by atoms with van der Waals surface area (Å²) >= 11 is 0. The topological polar surface area (TPSA) is 108 Å². The van der Waals surface area contributed by atoms with Gasteiger partial charge < -0.3 is 15.5 Å². The second kappa shape index (κ2) is 10.6. The summed E-state index contributed by atoms with van der Waals surface area (Å²) in [4.78, 5) is 39.3. The van der Waals surface area contributed by atoms with Crippen LogP contribution in [0.4, 0.5) is 17.1 Å². The first-order valence-corrected chi connectivity index (χ1v) is 10.3. The van der Waals surface area contributed by atoms with E-state index in [2.05, 4.69) is 20.4 Å². The maximum Gasteiger partial charge on any atom is 0.274 e. The first kappa shape index (κ1) is 22.4. The summed E-state index contributed by atoms with van der Waals surface area (Å²) in [6.07, 6.45) is 0.302. The van der Waals surface area contributed by atoms with E-state index in [-0.39, 0.29) is 17.5 Å². The zero-order chi connectivity index (χ0) is 22.2. The van der Waals surface area contributed by atoms with Gasteiger partial charge in [-0.1, -0.05) is 24.3 Å². The van der Waals surface area contributed by atoms with Gasteiger partial charge in [0.25, 0.3) is 5.69 Å². The molecule has 1 heterocycles. The van der Waals surface area contributed by atoms with Gasteiger partial charge in [-0.25, -0.2) is 0 Å². The normalized spacial score (nSPS) is 14.7. The molecule has 9 nitrogen and oxygen atoms in total. The van der Waals surface area contributed by atoms with Gasteiger partial charge in [-0.3, -0.25) is 24.6 Å². The lowest BCUT2D eigenvalue weighted by Crippen LogP contribution is -2.49. The quantitative estimate of drug-likeness (QED) is 0.497. The Morgan fingerprint density at radius 3 is 2.29 bits per heavy atom. The van der Waals surface area contributed by atoms with Crippen LogP contribution in [0.1, 0.15) is 12.0 Å². The predicted molar refractivity (Wildman–Crippen MR) is 119 cm³/mol. The molecule has 1 aliphatic rings. The third-order valence-corrected chi connectivity index (χ3v) is 5.32. The van der Waals surface area contributed by atoms with Gasteiger partial charge in [0.1, 0.15) is 0 Å². The molecule has 2 N–H and O–H groups in total. The molecule has 0 atom stereocenters. The minimum absolute atomic E-state index is 0.00905. The Balaban J connectivity index is 1.38. The van der Waals surface area contributed by atoms with E-state index in [0.717, 1.165) is 31.9 Å². The molecule has 164 valence electrons. The molecule has 1 fully saturated rings. The number of amides is 2. The summed E-state index contributed by atoms with van der Waals surface area (Å²) in [5.41, 5.74) is 1.69. The number of nitro groups is 1. The molecule has 9 heteroatoms. The van der Waals surface area contributed by atoms with Crippen LogP contribution in [0.25, 0.3) is 0 Å². The van der Waals surface area contributed by atoms with Crippen molar-refractivity contribution in [3.05, 3.63) is 64.2 Å². The highest BCUT2D eigenvalue weighted by atomic mass is 16.6. The highest BCUT2D eigenvalue weighted by Crippen LogP contribution is 2.25. The van der Waals surface area contributed by atoms with E-state index in [1.807, 2.05) is 30.3 Å². The highest BCUT2D eigenvalue weighted by Gasteiger charge is 2.20. The summed E-state index contributed by atoms with van der Waals surface area (Å²) in [5, 5.41) is 16.7. The fraction of sp³-hybridized carbons (Fsp3) is 0.364. The molecule has 0 aliphatic carbocycles. The predicted octanol–water partition coefficient (Wildman–Crippen LogP) is 2.49. The minimum atomic E-state index is -0.454. The number of hydrogen-bond acceptors (Lipinski definition) is 6. The van der Waals surface area contributed by atoms with Gasteiger partial charge in [0.15, 0.2) is 0 Å². The number of hydrogen-bond donors (Lipinski definition) is 2. The molecular weight excluding hydrogens is 398 g/mol. The van der Waals surface area contributed by atoms with Crippen molar-refractivity contribution in [1.29, 1.82) is 0 Å². The van der Waals surface area contributed by atoms with Crippen LogP contribution in [0.2, 0.25) is 0 Å². The van der Waals surface area contributed by atoms with E-state index in [1.165, 1.54) is 6.07 Å². The fourth-order valence-corrected chi connectivity index (χ4v) is 3.53. The fourth-order valence-electron chi connectivity index (χ4n) is 3.53. The maximum absolute atomic E-state index is 12.3. The second-order valence-electron chi connectivity index (χ2n) is 7.54. The third-order valence-electron chi connectivity index (χ3n) is 5.32. The lowest BCUT2D eigenvalue weighted by atomic mass is 10.1. The molecule has 0 unspecified atom stereocenters. The van der Waals surface area contributed by atoms with Crippen molar-refractivity contribution in [1.82, 2.24) is 9.80 Å². The number of nitro benzene ring substituents is 1. The van der Waals surface area contributed by atoms with Gasteiger partial charge in [-0.2, -0.15) is 0 Å². The summed E-state index contributed by atoms with van der Waals surface area (Å²) in [6.45, 7) is 5.64. The van der Waals surface area contributed by atoms with Crippen LogP contribution < -0.4 is 10.6 Å². The van der Waals surface area contributed by atoms with Gasteiger partial charge >= 0.3 is 0 Å². The molecule has 2 amide bonds. The van der Waals surface area contributed by atoms with E-state index in [9.17, 15) is 19.7 Å². The first-order valence-electron chi connectivity index (χ1n) is 10.3. The van der Waals surface area contributed by atoms with Crippen molar-refractivity contribution in [3.63, 3.8) is 0 Å². The number of piperazine rings is 1. The molecule has 0 aromatic heterocycles. The Bertz CT molecular complexity index is 927. The molecule has 3 rings (SSSR count). The molecule has 2 aromatic rings. The van der Waals surface area contributed by atoms with E-state index in [1.54, 1.807) is 19.1 Å². The van der Waals surface area contributed by atoms with Gasteiger partial charge in [0.05, 0.1) is 22.7 Å². The van der Waals surface area contributed by atoms with Crippen molar-refractivity contribution in [2.45, 2.75) is 13.3 Å². The monoisotopic (exact) mass is 425 g/mol. The van der Waals surface area contributed by atoms with Crippen LogP contribution in [0.3, 0.4) is 0 Å². The van der Waals surface area contributed by atoms with Crippen molar-refractivity contribution >= 4 is 28.9 Å². The van der Waals surface area contributed by atoms with Crippen LogP contribution >= 0.6 is 0 Å². The first-order chi connectivity index (χ1) is 14.9. The van der Waals surface area contributed by atoms with Crippen LogP contribution in [-0.4, -0.2) is 65.8 Å². The lowest BCUT2D eigenvalue weighted by Gasteiger charge is -2.34. The minimum Gasteiger partial charge on any atom is -0.326 e. The number of rotatable bonds is 8. The zero-order valence-corrected chi connectivity index (χ0v) is 17.5. The number of carbonyl (C=O) groups is 2. The molecule has 0 radical (unpaired) electrons. The summed E-state index contributed by atoms with van der Waals surface area (Å²) in [5.74, 6) is -0.209. The molecule has 0 bridgehead atoms. The summed E-state index contributed by atoms with van der Waals surface area (Å²) in [7, 11) is 0. The van der Waals surface area contributed by atoms with Crippen molar-refractivity contribution in [2.75, 3.05) is 49.9 Å². The largest absolute Gasteiger partial charge is 0.326 e. The number of carbonyl (C=O) groups excluding carboxylic acids is 2. The molecule has 0 saturated carbocycles. The average molecular weight is 425 g/mol. The standard InChI is InChI=1S/C22H27N5O4/c1-17-19(8-5-9-20(17)27(30)31)24-21(28)10-11-25-12-14-26(15-13-25)16-22(29)23-18-6-3-2-4-7-18/h2-9H,10-16H2,1H3,(H,23,29)(H,24,28). The number of benzene rings is 2. The number of nitrogens with one attached hydrogen (secondary N) is 2. The van der Waals surface area contributed by atoms with E-state index in [0.29, 0.717) is 30.8 Å². The van der Waals surface area contributed by atoms with Gasteiger partial charge in [0.2, 0.25) is 11.8 Å². The molecular formula is C22H27N5O4. The van der Waals surface area contributed by atoms with Crippen LogP contribution in [0, 0.1) is 17.0 Å². The Morgan fingerprint density at radius 1 is 0.935 bits per heavy atom. The smallest absolute Gasteiger partial charge is 0.274 e. The molecule has 2 aromatic carbocycles. The summed E-state index contributed by atoms with van der Waals surface area (Å²) < 4.78 is 0. The molecule has 1 aliphatic heterocycles. The van der Waals surface area contributed by atoms with Crippen molar-refractivity contribution in [2.24, 2.45) is 0 Å².